The third-order valence-electron chi connectivity index (χ3n) is 7.47. The van der Waals surface area contributed by atoms with Gasteiger partial charge in [-0.3, -0.25) is 4.79 Å². The van der Waals surface area contributed by atoms with Crippen molar-refractivity contribution in [1.82, 2.24) is 20.4 Å². The Hall–Kier alpha value is -2.30. The summed E-state index contributed by atoms with van der Waals surface area (Å²) in [4.78, 5) is 29.6. The monoisotopic (exact) mass is 538 g/mol. The Bertz CT molecular complexity index is 901. The Labute approximate surface area is 225 Å². The first kappa shape index (κ1) is 30.2. The number of likely N-dealkylation sites (N-methyl/N-ethyl adjacent to an activating group) is 1. The molecule has 5 atom stereocenters. The highest BCUT2D eigenvalue weighted by Crippen LogP contribution is 2.21. The molecule has 2 heterocycles. The highest BCUT2D eigenvalue weighted by atomic mass is 19.1. The summed E-state index contributed by atoms with van der Waals surface area (Å²) in [6.07, 6.45) is 4.40. The first-order chi connectivity index (χ1) is 18.3. The lowest BCUT2D eigenvalue weighted by Crippen LogP contribution is -2.56. The van der Waals surface area contributed by atoms with Crippen molar-refractivity contribution < 1.29 is 28.2 Å². The van der Waals surface area contributed by atoms with Gasteiger partial charge in [0.15, 0.2) is 0 Å². The number of nitrogens with zero attached hydrogens (tertiary/aromatic N) is 2. The number of carbonyl (C=O) groups is 2. The Kier molecular flexibility index (Phi) is 11.7. The molecule has 0 bridgehead atoms. The predicted molar refractivity (Wildman–Crippen MR) is 142 cm³/mol. The van der Waals surface area contributed by atoms with Gasteiger partial charge in [-0.1, -0.05) is 33.1 Å². The van der Waals surface area contributed by atoms with Gasteiger partial charge in [0, 0.05) is 38.3 Å². The summed E-state index contributed by atoms with van der Waals surface area (Å²) in [6.45, 7) is 8.48. The SMILES string of the molecule is CCCCCN1CC(C(=O)N[C@@H](Cc2cc(F)cc(F)c2)[C@H](O)[C@H]2C[C@@H](OCCCC)CN2)N(CC)C1=O. The molecule has 0 saturated carbocycles. The van der Waals surface area contributed by atoms with E-state index < -0.39 is 29.8 Å². The zero-order valence-electron chi connectivity index (χ0n) is 22.9. The molecule has 214 valence electrons. The second-order valence-corrected chi connectivity index (χ2v) is 10.4. The van der Waals surface area contributed by atoms with E-state index in [0.717, 1.165) is 38.2 Å². The topological polar surface area (TPSA) is 94.1 Å². The molecule has 3 N–H and O–H groups in total. The molecule has 0 radical (unpaired) electrons. The average Bonchev–Trinajstić information content (AvgIpc) is 3.47. The maximum atomic E-state index is 13.9. The Morgan fingerprint density at radius 3 is 2.53 bits per heavy atom. The molecule has 0 aromatic heterocycles. The number of halogens is 2. The molecule has 2 saturated heterocycles. The fourth-order valence-corrected chi connectivity index (χ4v) is 5.33. The van der Waals surface area contributed by atoms with Crippen molar-refractivity contribution in [1.29, 1.82) is 0 Å². The van der Waals surface area contributed by atoms with Gasteiger partial charge in [0.2, 0.25) is 5.91 Å². The van der Waals surface area contributed by atoms with Crippen LogP contribution < -0.4 is 10.6 Å². The van der Waals surface area contributed by atoms with Crippen LogP contribution in [-0.2, 0) is 16.0 Å². The Balaban J connectivity index is 1.73. The van der Waals surface area contributed by atoms with Crippen LogP contribution in [0, 0.1) is 11.6 Å². The molecule has 2 aliphatic rings. The summed E-state index contributed by atoms with van der Waals surface area (Å²) < 4.78 is 33.8. The first-order valence-corrected chi connectivity index (χ1v) is 14.1. The van der Waals surface area contributed by atoms with Crippen LogP contribution in [0.2, 0.25) is 0 Å². The number of ether oxygens (including phenoxy) is 1. The van der Waals surface area contributed by atoms with Crippen molar-refractivity contribution in [2.75, 3.05) is 32.8 Å². The molecule has 2 fully saturated rings. The second-order valence-electron chi connectivity index (χ2n) is 10.4. The van der Waals surface area contributed by atoms with Gasteiger partial charge in [-0.2, -0.15) is 0 Å². The van der Waals surface area contributed by atoms with Gasteiger partial charge in [0.05, 0.1) is 24.8 Å². The van der Waals surface area contributed by atoms with E-state index in [2.05, 4.69) is 24.5 Å². The summed E-state index contributed by atoms with van der Waals surface area (Å²) in [6, 6.07) is 1.16. The molecular weight excluding hydrogens is 494 g/mol. The van der Waals surface area contributed by atoms with Crippen LogP contribution in [0.3, 0.4) is 0 Å². The molecule has 0 spiro atoms. The summed E-state index contributed by atoms with van der Waals surface area (Å²) in [7, 11) is 0. The minimum atomic E-state index is -1.03. The number of aliphatic hydroxyl groups excluding tert-OH is 1. The van der Waals surface area contributed by atoms with Crippen LogP contribution >= 0.6 is 0 Å². The molecule has 3 rings (SSSR count). The zero-order chi connectivity index (χ0) is 27.7. The number of aliphatic hydroxyl groups is 1. The predicted octanol–water partition coefficient (Wildman–Crippen LogP) is 3.22. The number of amides is 3. The molecule has 10 heteroatoms. The lowest BCUT2D eigenvalue weighted by molar-refractivity contribution is -0.126. The maximum absolute atomic E-state index is 13.9. The van der Waals surface area contributed by atoms with E-state index in [1.165, 1.54) is 17.0 Å². The lowest BCUT2D eigenvalue weighted by Gasteiger charge is -2.31. The largest absolute Gasteiger partial charge is 0.389 e. The van der Waals surface area contributed by atoms with Crippen molar-refractivity contribution in [2.45, 2.75) is 96.1 Å². The van der Waals surface area contributed by atoms with E-state index in [1.807, 2.05) is 6.92 Å². The summed E-state index contributed by atoms with van der Waals surface area (Å²) >= 11 is 0. The van der Waals surface area contributed by atoms with E-state index in [4.69, 9.17) is 4.74 Å². The van der Waals surface area contributed by atoms with Crippen molar-refractivity contribution in [3.8, 4) is 0 Å². The van der Waals surface area contributed by atoms with Crippen LogP contribution in [-0.4, -0.2) is 90.0 Å². The Morgan fingerprint density at radius 2 is 1.87 bits per heavy atom. The highest BCUT2D eigenvalue weighted by Gasteiger charge is 2.42. The van der Waals surface area contributed by atoms with E-state index in [0.29, 0.717) is 38.2 Å². The molecule has 3 amide bonds. The van der Waals surface area contributed by atoms with Crippen molar-refractivity contribution in [3.63, 3.8) is 0 Å². The quantitative estimate of drug-likeness (QED) is 0.298. The van der Waals surface area contributed by atoms with Gasteiger partial charge in [0.25, 0.3) is 0 Å². The van der Waals surface area contributed by atoms with Gasteiger partial charge in [-0.25, -0.2) is 13.6 Å². The standard InChI is InChI=1S/C28H44F2N4O4/c1-4-7-9-10-33-18-25(34(6-3)28(33)37)27(36)32-24(14-19-12-20(29)15-21(30)13-19)26(35)23-16-22(17-31-23)38-11-8-5-2/h12-13,15,22-26,31,35H,4-11,14,16-18H2,1-3H3,(H,32,36)/t22-,23-,24+,25?,26-/m1/s1. The molecule has 2 aliphatic heterocycles. The minimum absolute atomic E-state index is 0.0358. The van der Waals surface area contributed by atoms with Gasteiger partial charge in [-0.15, -0.1) is 0 Å². The number of carbonyl (C=O) groups excluding carboxylic acids is 2. The molecule has 1 unspecified atom stereocenters. The summed E-state index contributed by atoms with van der Waals surface area (Å²) in [5.74, 6) is -1.82. The zero-order valence-corrected chi connectivity index (χ0v) is 22.9. The highest BCUT2D eigenvalue weighted by molar-refractivity contribution is 5.90. The fraction of sp³-hybridized carbons (Fsp3) is 0.714. The number of hydrogen-bond acceptors (Lipinski definition) is 5. The van der Waals surface area contributed by atoms with Gasteiger partial charge >= 0.3 is 6.03 Å². The molecule has 8 nitrogen and oxygen atoms in total. The normalized spacial score (nSPS) is 23.2. The number of hydrogen-bond donors (Lipinski definition) is 3. The van der Waals surface area contributed by atoms with Crippen molar-refractivity contribution in [2.24, 2.45) is 0 Å². The van der Waals surface area contributed by atoms with Crippen LogP contribution in [0.1, 0.15) is 64.9 Å². The van der Waals surface area contributed by atoms with E-state index >= 15 is 0 Å². The number of unbranched alkanes of at least 4 members (excludes halogenated alkanes) is 3. The molecule has 0 aliphatic carbocycles. The van der Waals surface area contributed by atoms with E-state index in [1.54, 1.807) is 4.90 Å². The van der Waals surface area contributed by atoms with Crippen LogP contribution in [0.5, 0.6) is 0 Å². The number of rotatable bonds is 15. The molecule has 1 aromatic rings. The third kappa shape index (κ3) is 8.10. The Morgan fingerprint density at radius 1 is 1.16 bits per heavy atom. The van der Waals surface area contributed by atoms with Crippen LogP contribution in [0.4, 0.5) is 13.6 Å². The van der Waals surface area contributed by atoms with Crippen LogP contribution in [0.15, 0.2) is 18.2 Å². The molecule has 1 aromatic carbocycles. The average molecular weight is 539 g/mol. The van der Waals surface area contributed by atoms with Gasteiger partial charge in [-0.05, 0) is 50.3 Å². The van der Waals surface area contributed by atoms with Crippen molar-refractivity contribution >= 4 is 11.9 Å². The summed E-state index contributed by atoms with van der Waals surface area (Å²) in [5.41, 5.74) is 0.330. The number of benzene rings is 1. The van der Waals surface area contributed by atoms with E-state index in [9.17, 15) is 23.5 Å². The first-order valence-electron chi connectivity index (χ1n) is 14.1. The van der Waals surface area contributed by atoms with Crippen LogP contribution in [0.25, 0.3) is 0 Å². The van der Waals surface area contributed by atoms with Crippen molar-refractivity contribution in [3.05, 3.63) is 35.4 Å². The number of urea groups is 1. The summed E-state index contributed by atoms with van der Waals surface area (Å²) in [5, 5.41) is 17.6. The second kappa shape index (κ2) is 14.7. The fourth-order valence-electron chi connectivity index (χ4n) is 5.33. The van der Waals surface area contributed by atoms with Gasteiger partial charge in [0.1, 0.15) is 17.7 Å². The smallest absolute Gasteiger partial charge is 0.320 e. The third-order valence-corrected chi connectivity index (χ3v) is 7.47. The lowest BCUT2D eigenvalue weighted by atomic mass is 9.94. The number of nitrogens with one attached hydrogen (secondary N) is 2. The minimum Gasteiger partial charge on any atom is -0.389 e. The van der Waals surface area contributed by atoms with Gasteiger partial charge < -0.3 is 30.3 Å². The maximum Gasteiger partial charge on any atom is 0.320 e. The van der Waals surface area contributed by atoms with E-state index in [-0.39, 0.29) is 37.0 Å². The molecule has 38 heavy (non-hydrogen) atoms. The molecular formula is C28H44F2N4O4.